The minimum atomic E-state index is 0.586. The van der Waals surface area contributed by atoms with Crippen molar-refractivity contribution in [1.29, 1.82) is 0 Å². The first-order chi connectivity index (χ1) is 9.84. The largest absolute Gasteiger partial charge is 0.491 e. The van der Waals surface area contributed by atoms with Gasteiger partial charge >= 0.3 is 0 Å². The molecule has 0 amide bonds. The van der Waals surface area contributed by atoms with Crippen molar-refractivity contribution in [1.82, 2.24) is 0 Å². The van der Waals surface area contributed by atoms with Crippen LogP contribution in [0.15, 0.2) is 54.6 Å². The van der Waals surface area contributed by atoms with Crippen molar-refractivity contribution in [3.8, 4) is 5.75 Å². The third-order valence-corrected chi connectivity index (χ3v) is 2.94. The quantitative estimate of drug-likeness (QED) is 0.592. The van der Waals surface area contributed by atoms with E-state index in [1.54, 1.807) is 0 Å². The van der Waals surface area contributed by atoms with Gasteiger partial charge in [0.2, 0.25) is 0 Å². The van der Waals surface area contributed by atoms with Gasteiger partial charge in [0.25, 0.3) is 0 Å². The van der Waals surface area contributed by atoms with Crippen LogP contribution in [0.2, 0.25) is 0 Å². The van der Waals surface area contributed by atoms with Crippen LogP contribution in [0.25, 0.3) is 0 Å². The highest BCUT2D eigenvalue weighted by Gasteiger charge is 1.95. The van der Waals surface area contributed by atoms with Crippen molar-refractivity contribution in [3.05, 3.63) is 60.2 Å². The van der Waals surface area contributed by atoms with Gasteiger partial charge in [-0.2, -0.15) is 0 Å². The zero-order valence-corrected chi connectivity index (χ0v) is 11.6. The first-order valence-corrected chi connectivity index (χ1v) is 6.94. The molecule has 20 heavy (non-hydrogen) atoms. The SMILES string of the molecule is Nc1cccc(CCCOCCOc2ccccc2)c1. The summed E-state index contributed by atoms with van der Waals surface area (Å²) in [4.78, 5) is 0. The number of nitrogen functional groups attached to an aromatic ring is 1. The van der Waals surface area contributed by atoms with Crippen molar-refractivity contribution in [2.75, 3.05) is 25.6 Å². The van der Waals surface area contributed by atoms with E-state index in [4.69, 9.17) is 15.2 Å². The van der Waals surface area contributed by atoms with Crippen LogP contribution >= 0.6 is 0 Å². The normalized spacial score (nSPS) is 10.4. The molecule has 0 aliphatic carbocycles. The van der Waals surface area contributed by atoms with Crippen molar-refractivity contribution >= 4 is 5.69 Å². The lowest BCUT2D eigenvalue weighted by Gasteiger charge is -2.07. The van der Waals surface area contributed by atoms with Crippen molar-refractivity contribution < 1.29 is 9.47 Å². The Morgan fingerprint density at radius 3 is 2.50 bits per heavy atom. The molecule has 0 atom stereocenters. The van der Waals surface area contributed by atoms with Crippen molar-refractivity contribution in [3.63, 3.8) is 0 Å². The van der Waals surface area contributed by atoms with Gasteiger partial charge in [-0.3, -0.25) is 0 Å². The molecule has 106 valence electrons. The molecular formula is C17H21NO2. The number of aryl methyl sites for hydroxylation is 1. The Bertz CT molecular complexity index is 499. The number of hydrogen-bond acceptors (Lipinski definition) is 3. The van der Waals surface area contributed by atoms with Crippen LogP contribution in [0.1, 0.15) is 12.0 Å². The molecule has 2 aromatic rings. The second-order valence-electron chi connectivity index (χ2n) is 4.62. The molecule has 0 radical (unpaired) electrons. The van der Waals surface area contributed by atoms with E-state index in [1.165, 1.54) is 5.56 Å². The molecule has 2 aromatic carbocycles. The molecule has 0 aliphatic rings. The Labute approximate surface area is 120 Å². The zero-order valence-electron chi connectivity index (χ0n) is 11.6. The summed E-state index contributed by atoms with van der Waals surface area (Å²) in [7, 11) is 0. The lowest BCUT2D eigenvalue weighted by Crippen LogP contribution is -2.07. The fourth-order valence-corrected chi connectivity index (χ4v) is 1.96. The second-order valence-corrected chi connectivity index (χ2v) is 4.62. The van der Waals surface area contributed by atoms with Gasteiger partial charge < -0.3 is 15.2 Å². The highest BCUT2D eigenvalue weighted by molar-refractivity contribution is 5.40. The summed E-state index contributed by atoms with van der Waals surface area (Å²) in [6, 6.07) is 17.8. The van der Waals surface area contributed by atoms with Crippen LogP contribution in [0.3, 0.4) is 0 Å². The molecule has 2 rings (SSSR count). The Morgan fingerprint density at radius 1 is 0.850 bits per heavy atom. The first-order valence-electron chi connectivity index (χ1n) is 6.94. The molecule has 2 N–H and O–H groups in total. The minimum absolute atomic E-state index is 0.586. The molecule has 0 spiro atoms. The van der Waals surface area contributed by atoms with E-state index < -0.39 is 0 Å². The van der Waals surface area contributed by atoms with Gasteiger partial charge in [-0.15, -0.1) is 0 Å². The second kappa shape index (κ2) is 8.23. The van der Waals surface area contributed by atoms with Crippen LogP contribution in [-0.2, 0) is 11.2 Å². The summed E-state index contributed by atoms with van der Waals surface area (Å²) in [5, 5.41) is 0. The summed E-state index contributed by atoms with van der Waals surface area (Å²) >= 11 is 0. The maximum atomic E-state index is 5.74. The Kier molecular flexibility index (Phi) is 5.93. The fourth-order valence-electron chi connectivity index (χ4n) is 1.96. The smallest absolute Gasteiger partial charge is 0.119 e. The topological polar surface area (TPSA) is 44.5 Å². The first kappa shape index (κ1) is 14.4. The number of para-hydroxylation sites is 1. The maximum absolute atomic E-state index is 5.74. The number of anilines is 1. The molecule has 0 fully saturated rings. The minimum Gasteiger partial charge on any atom is -0.491 e. The lowest BCUT2D eigenvalue weighted by molar-refractivity contribution is 0.0985. The molecule has 3 heteroatoms. The van der Waals surface area contributed by atoms with Gasteiger partial charge in [0.1, 0.15) is 12.4 Å². The summed E-state index contributed by atoms with van der Waals surface area (Å²) in [6.07, 6.45) is 1.99. The number of rotatable bonds is 8. The van der Waals surface area contributed by atoms with E-state index in [0.29, 0.717) is 13.2 Å². The van der Waals surface area contributed by atoms with E-state index >= 15 is 0 Å². The number of ether oxygens (including phenoxy) is 2. The fraction of sp³-hybridized carbons (Fsp3) is 0.294. The Balaban J connectivity index is 1.52. The predicted molar refractivity (Wildman–Crippen MR) is 81.9 cm³/mol. The van der Waals surface area contributed by atoms with Crippen LogP contribution < -0.4 is 10.5 Å². The molecular weight excluding hydrogens is 250 g/mol. The summed E-state index contributed by atoms with van der Waals surface area (Å²) in [6.45, 7) is 1.95. The molecule has 0 saturated heterocycles. The van der Waals surface area contributed by atoms with Crippen LogP contribution in [0, 0.1) is 0 Å². The van der Waals surface area contributed by atoms with Crippen LogP contribution in [0.5, 0.6) is 5.75 Å². The molecule has 0 heterocycles. The average Bonchev–Trinajstić information content (AvgIpc) is 2.47. The third kappa shape index (κ3) is 5.33. The molecule has 0 aliphatic heterocycles. The monoisotopic (exact) mass is 271 g/mol. The Morgan fingerprint density at radius 2 is 1.70 bits per heavy atom. The van der Waals surface area contributed by atoms with Gasteiger partial charge in [-0.25, -0.2) is 0 Å². The van der Waals surface area contributed by atoms with E-state index in [9.17, 15) is 0 Å². The highest BCUT2D eigenvalue weighted by Crippen LogP contribution is 2.09. The van der Waals surface area contributed by atoms with Gasteiger partial charge in [0.05, 0.1) is 6.61 Å². The Hall–Kier alpha value is -2.00. The van der Waals surface area contributed by atoms with E-state index in [0.717, 1.165) is 30.9 Å². The van der Waals surface area contributed by atoms with Gasteiger partial charge in [-0.05, 0) is 42.7 Å². The summed E-state index contributed by atoms with van der Waals surface area (Å²) in [5.74, 6) is 0.885. The summed E-state index contributed by atoms with van der Waals surface area (Å²) < 4.78 is 11.1. The number of nitrogens with two attached hydrogens (primary N) is 1. The average molecular weight is 271 g/mol. The molecule has 0 aromatic heterocycles. The van der Waals surface area contributed by atoms with E-state index in [-0.39, 0.29) is 0 Å². The lowest BCUT2D eigenvalue weighted by atomic mass is 10.1. The summed E-state index contributed by atoms with van der Waals surface area (Å²) in [5.41, 5.74) is 7.81. The third-order valence-electron chi connectivity index (χ3n) is 2.94. The predicted octanol–water partition coefficient (Wildman–Crippen LogP) is 3.30. The number of hydrogen-bond donors (Lipinski definition) is 1. The zero-order chi connectivity index (χ0) is 14.0. The highest BCUT2D eigenvalue weighted by atomic mass is 16.5. The van der Waals surface area contributed by atoms with E-state index in [1.807, 2.05) is 48.5 Å². The van der Waals surface area contributed by atoms with E-state index in [2.05, 4.69) is 6.07 Å². The van der Waals surface area contributed by atoms with Gasteiger partial charge in [0, 0.05) is 12.3 Å². The molecule has 0 saturated carbocycles. The number of benzene rings is 2. The van der Waals surface area contributed by atoms with Crippen LogP contribution in [-0.4, -0.2) is 19.8 Å². The van der Waals surface area contributed by atoms with Crippen molar-refractivity contribution in [2.24, 2.45) is 0 Å². The molecule has 3 nitrogen and oxygen atoms in total. The van der Waals surface area contributed by atoms with Gasteiger partial charge in [-0.1, -0.05) is 30.3 Å². The van der Waals surface area contributed by atoms with Crippen molar-refractivity contribution in [2.45, 2.75) is 12.8 Å². The molecule has 0 unspecified atom stereocenters. The van der Waals surface area contributed by atoms with Crippen LogP contribution in [0.4, 0.5) is 5.69 Å². The molecule has 0 bridgehead atoms. The maximum Gasteiger partial charge on any atom is 0.119 e. The standard InChI is InChI=1S/C17H21NO2/c18-16-8-4-6-15(14-16)7-5-11-19-12-13-20-17-9-2-1-3-10-17/h1-4,6,8-10,14H,5,7,11-13,18H2. The van der Waals surface area contributed by atoms with Gasteiger partial charge in [0.15, 0.2) is 0 Å².